The monoisotopic (exact) mass is 326 g/mol. The maximum Gasteiger partial charge on any atom is 0.152 e. The number of fused-ring (bicyclic) bond motifs is 3. The molecule has 2 aromatic heterocycles. The number of para-hydroxylation sites is 1. The van der Waals surface area contributed by atoms with Gasteiger partial charge >= 0.3 is 0 Å². The summed E-state index contributed by atoms with van der Waals surface area (Å²) in [6.45, 7) is 5.43. The number of ketones is 1. The van der Waals surface area contributed by atoms with Gasteiger partial charge in [-0.25, -0.2) is 9.97 Å². The van der Waals surface area contributed by atoms with E-state index in [9.17, 15) is 9.90 Å². The van der Waals surface area contributed by atoms with Gasteiger partial charge < -0.3 is 20.2 Å². The lowest BCUT2D eigenvalue weighted by atomic mass is 10.1. The third-order valence-corrected chi connectivity index (χ3v) is 3.94. The van der Waals surface area contributed by atoms with E-state index in [0.717, 1.165) is 22.2 Å². The Kier molecular flexibility index (Phi) is 4.01. The Morgan fingerprint density at radius 3 is 2.67 bits per heavy atom. The smallest absolute Gasteiger partial charge is 0.152 e. The Hall–Kier alpha value is -2.47. The first-order valence-corrected chi connectivity index (χ1v) is 8.01. The second kappa shape index (κ2) is 5.87. The van der Waals surface area contributed by atoms with Crippen LogP contribution in [0.5, 0.6) is 0 Å². The van der Waals surface area contributed by atoms with Crippen LogP contribution in [0.2, 0.25) is 0 Å². The van der Waals surface area contributed by atoms with Crippen LogP contribution in [0.3, 0.4) is 0 Å². The number of hydrogen-bond acceptors (Lipinski definition) is 5. The van der Waals surface area contributed by atoms with E-state index in [2.05, 4.69) is 9.97 Å². The van der Waals surface area contributed by atoms with Gasteiger partial charge in [0.1, 0.15) is 17.1 Å². The number of imidazole rings is 1. The zero-order chi connectivity index (χ0) is 17.5. The molecule has 126 valence electrons. The summed E-state index contributed by atoms with van der Waals surface area (Å²) < 4.78 is 1.97. The molecule has 0 atom stereocenters. The molecule has 0 aliphatic heterocycles. The molecular formula is C18H22N4O2. The minimum Gasteiger partial charge on any atom is -0.389 e. The average Bonchev–Trinajstić information content (AvgIpc) is 2.83. The van der Waals surface area contributed by atoms with Gasteiger partial charge in [-0.05, 0) is 26.8 Å². The summed E-state index contributed by atoms with van der Waals surface area (Å²) in [6, 6.07) is 7.73. The van der Waals surface area contributed by atoms with Gasteiger partial charge in [0, 0.05) is 18.2 Å². The van der Waals surface area contributed by atoms with Crippen molar-refractivity contribution in [2.45, 2.75) is 45.8 Å². The predicted molar refractivity (Wildman–Crippen MR) is 94.7 cm³/mol. The number of benzene rings is 1. The molecule has 0 unspecified atom stereocenters. The molecule has 0 aliphatic rings. The summed E-state index contributed by atoms with van der Waals surface area (Å²) in [5, 5.41) is 11.3. The van der Waals surface area contributed by atoms with Crippen molar-refractivity contribution in [3.63, 3.8) is 0 Å². The molecule has 0 saturated heterocycles. The lowest BCUT2D eigenvalue weighted by molar-refractivity contribution is -0.117. The molecule has 3 aromatic rings. The van der Waals surface area contributed by atoms with Crippen LogP contribution in [0.1, 0.15) is 33.0 Å². The van der Waals surface area contributed by atoms with Crippen LogP contribution in [0, 0.1) is 0 Å². The van der Waals surface area contributed by atoms with E-state index in [1.807, 2.05) is 28.8 Å². The maximum atomic E-state index is 11.4. The highest BCUT2D eigenvalue weighted by atomic mass is 16.3. The minimum atomic E-state index is -0.919. The van der Waals surface area contributed by atoms with Crippen LogP contribution in [-0.2, 0) is 17.8 Å². The number of nitrogens with zero attached hydrogens (tertiary/aromatic N) is 3. The third kappa shape index (κ3) is 3.10. The van der Waals surface area contributed by atoms with Gasteiger partial charge in [0.25, 0.3) is 0 Å². The van der Waals surface area contributed by atoms with E-state index >= 15 is 0 Å². The number of nitrogen functional groups attached to an aromatic ring is 1. The molecule has 0 fully saturated rings. The van der Waals surface area contributed by atoms with Gasteiger partial charge in [0.15, 0.2) is 5.82 Å². The highest BCUT2D eigenvalue weighted by Crippen LogP contribution is 2.30. The molecule has 0 spiro atoms. The molecule has 6 nitrogen and oxygen atoms in total. The number of hydrogen-bond donors (Lipinski definition) is 2. The second-order valence-corrected chi connectivity index (χ2v) is 6.84. The van der Waals surface area contributed by atoms with Gasteiger partial charge in [0.2, 0.25) is 0 Å². The fourth-order valence-electron chi connectivity index (χ4n) is 2.94. The van der Waals surface area contributed by atoms with Crippen molar-refractivity contribution in [2.75, 3.05) is 5.73 Å². The van der Waals surface area contributed by atoms with Gasteiger partial charge in [-0.15, -0.1) is 0 Å². The molecule has 1 aromatic carbocycles. The average molecular weight is 326 g/mol. The van der Waals surface area contributed by atoms with Crippen LogP contribution in [0.15, 0.2) is 24.3 Å². The standard InChI is InChI=1S/C18H22N4O2/c1-11(23)8-9-14-21-15-16(22(14)10-18(2,3)24)12-6-4-5-7-13(12)20-17(15)19/h4-7,24H,8-10H2,1-3H3,(H2,19,20). The predicted octanol–water partition coefficient (Wildman–Crippen LogP) is 2.46. The van der Waals surface area contributed by atoms with Gasteiger partial charge in [0.05, 0.1) is 23.2 Å². The SMILES string of the molecule is CC(=O)CCc1nc2c(N)nc3ccccc3c2n1CC(C)(C)O. The van der Waals surface area contributed by atoms with Crippen molar-refractivity contribution in [1.29, 1.82) is 0 Å². The van der Waals surface area contributed by atoms with Crippen LogP contribution < -0.4 is 5.73 Å². The van der Waals surface area contributed by atoms with E-state index in [1.54, 1.807) is 20.8 Å². The van der Waals surface area contributed by atoms with Crippen molar-refractivity contribution in [1.82, 2.24) is 14.5 Å². The number of aromatic nitrogens is 3. The molecule has 24 heavy (non-hydrogen) atoms. The number of carbonyl (C=O) groups is 1. The number of pyridine rings is 1. The number of carbonyl (C=O) groups excluding carboxylic acids is 1. The Bertz CT molecular complexity index is 922. The summed E-state index contributed by atoms with van der Waals surface area (Å²) in [7, 11) is 0. The lowest BCUT2D eigenvalue weighted by Gasteiger charge is -2.20. The minimum absolute atomic E-state index is 0.104. The summed E-state index contributed by atoms with van der Waals surface area (Å²) in [5.41, 5.74) is 7.46. The van der Waals surface area contributed by atoms with Crippen LogP contribution in [-0.4, -0.2) is 31.0 Å². The zero-order valence-corrected chi connectivity index (χ0v) is 14.2. The second-order valence-electron chi connectivity index (χ2n) is 6.84. The number of Topliss-reactive ketones (excluding diaryl/α,β-unsaturated/α-hetero) is 1. The molecule has 6 heteroatoms. The topological polar surface area (TPSA) is 94.0 Å². The maximum absolute atomic E-state index is 11.4. The third-order valence-electron chi connectivity index (χ3n) is 3.94. The first-order chi connectivity index (χ1) is 11.3. The molecule has 2 heterocycles. The number of anilines is 1. The number of aliphatic hydroxyl groups is 1. The number of nitrogens with two attached hydrogens (primary N) is 1. The molecule has 3 rings (SSSR count). The fraction of sp³-hybridized carbons (Fsp3) is 0.389. The Balaban J connectivity index is 2.30. The van der Waals surface area contributed by atoms with Gasteiger partial charge in [-0.1, -0.05) is 18.2 Å². The summed E-state index contributed by atoms with van der Waals surface area (Å²) >= 11 is 0. The molecular weight excluding hydrogens is 304 g/mol. The molecule has 3 N–H and O–H groups in total. The van der Waals surface area contributed by atoms with Crippen molar-refractivity contribution >= 4 is 33.5 Å². The van der Waals surface area contributed by atoms with E-state index in [0.29, 0.717) is 30.7 Å². The number of rotatable bonds is 5. The Labute approximate surface area is 140 Å². The molecule has 0 amide bonds. The molecule has 0 radical (unpaired) electrons. The van der Waals surface area contributed by atoms with Crippen LogP contribution in [0.4, 0.5) is 5.82 Å². The lowest BCUT2D eigenvalue weighted by Crippen LogP contribution is -2.27. The largest absolute Gasteiger partial charge is 0.389 e. The van der Waals surface area contributed by atoms with Crippen LogP contribution in [0.25, 0.3) is 21.9 Å². The summed E-state index contributed by atoms with van der Waals surface area (Å²) in [5.74, 6) is 1.21. The normalized spacial score (nSPS) is 12.2. The summed E-state index contributed by atoms with van der Waals surface area (Å²) in [4.78, 5) is 20.4. The highest BCUT2D eigenvalue weighted by Gasteiger charge is 2.22. The van der Waals surface area contributed by atoms with Crippen LogP contribution >= 0.6 is 0 Å². The first-order valence-electron chi connectivity index (χ1n) is 8.01. The Morgan fingerprint density at radius 2 is 2.00 bits per heavy atom. The molecule has 0 bridgehead atoms. The van der Waals surface area contributed by atoms with E-state index in [4.69, 9.17) is 5.73 Å². The van der Waals surface area contributed by atoms with Crippen molar-refractivity contribution < 1.29 is 9.90 Å². The fourth-order valence-corrected chi connectivity index (χ4v) is 2.94. The molecule has 0 aliphatic carbocycles. The van der Waals surface area contributed by atoms with E-state index < -0.39 is 5.60 Å². The van der Waals surface area contributed by atoms with Crippen molar-refractivity contribution in [2.24, 2.45) is 0 Å². The quantitative estimate of drug-likeness (QED) is 0.751. The summed E-state index contributed by atoms with van der Waals surface area (Å²) in [6.07, 6.45) is 0.911. The Morgan fingerprint density at radius 1 is 1.29 bits per heavy atom. The highest BCUT2D eigenvalue weighted by molar-refractivity contribution is 6.06. The molecule has 0 saturated carbocycles. The van der Waals surface area contributed by atoms with Gasteiger partial charge in [-0.3, -0.25) is 0 Å². The number of aryl methyl sites for hydroxylation is 1. The first kappa shape index (κ1) is 16.4. The van der Waals surface area contributed by atoms with E-state index in [-0.39, 0.29) is 5.78 Å². The van der Waals surface area contributed by atoms with E-state index in [1.165, 1.54) is 0 Å². The zero-order valence-electron chi connectivity index (χ0n) is 14.2. The van der Waals surface area contributed by atoms with Crippen molar-refractivity contribution in [3.8, 4) is 0 Å². The van der Waals surface area contributed by atoms with Gasteiger partial charge in [-0.2, -0.15) is 0 Å². The van der Waals surface area contributed by atoms with Crippen molar-refractivity contribution in [3.05, 3.63) is 30.1 Å².